The van der Waals surface area contributed by atoms with Crippen molar-refractivity contribution in [2.75, 3.05) is 6.54 Å². The second-order valence-corrected chi connectivity index (χ2v) is 4.25. The highest BCUT2D eigenvalue weighted by Crippen LogP contribution is 2.24. The molecule has 86 valence electrons. The summed E-state index contributed by atoms with van der Waals surface area (Å²) in [6.45, 7) is 6.14. The van der Waals surface area contributed by atoms with Crippen molar-refractivity contribution >= 4 is 5.91 Å². The third kappa shape index (κ3) is 3.05. The molecule has 1 amide bonds. The fourth-order valence-electron chi connectivity index (χ4n) is 1.99. The van der Waals surface area contributed by atoms with Gasteiger partial charge in [-0.05, 0) is 20.3 Å². The van der Waals surface area contributed by atoms with E-state index >= 15 is 0 Å². The lowest BCUT2D eigenvalue weighted by Crippen LogP contribution is -2.35. The van der Waals surface area contributed by atoms with Gasteiger partial charge in [-0.15, -0.1) is 0 Å². The number of hydrogen-bond donors (Lipinski definition) is 0. The van der Waals surface area contributed by atoms with Gasteiger partial charge in [0.05, 0.1) is 6.54 Å². The Labute approximate surface area is 91.1 Å². The Kier molecular flexibility index (Phi) is 4.30. The molecular formula is C12H20FNO. The average molecular weight is 213 g/mol. The van der Waals surface area contributed by atoms with Crippen LogP contribution in [-0.2, 0) is 4.79 Å². The molecule has 1 rings (SSSR count). The molecule has 1 aliphatic heterocycles. The standard InChI is InChI=1S/C12H20FNO/c1-4-9(3)6-12(15)14-8-10(13)7-11(14)5-2/h4,10-11H,5-8H2,1-3H3/b9-4+. The van der Waals surface area contributed by atoms with E-state index < -0.39 is 6.17 Å². The van der Waals surface area contributed by atoms with E-state index in [9.17, 15) is 9.18 Å². The van der Waals surface area contributed by atoms with E-state index in [0.717, 1.165) is 12.0 Å². The normalized spacial score (nSPS) is 27.2. The second-order valence-electron chi connectivity index (χ2n) is 4.25. The fourth-order valence-corrected chi connectivity index (χ4v) is 1.99. The minimum atomic E-state index is -0.829. The van der Waals surface area contributed by atoms with E-state index in [-0.39, 0.29) is 18.5 Å². The van der Waals surface area contributed by atoms with Crippen LogP contribution in [-0.4, -0.2) is 29.6 Å². The number of nitrogens with zero attached hydrogens (tertiary/aromatic N) is 1. The zero-order valence-corrected chi connectivity index (χ0v) is 9.79. The number of alkyl halides is 1. The van der Waals surface area contributed by atoms with Gasteiger partial charge in [-0.2, -0.15) is 0 Å². The monoisotopic (exact) mass is 213 g/mol. The molecule has 1 fully saturated rings. The third-order valence-electron chi connectivity index (χ3n) is 3.08. The molecule has 0 aromatic heterocycles. The molecule has 1 saturated heterocycles. The minimum Gasteiger partial charge on any atom is -0.336 e. The number of amides is 1. The maximum atomic E-state index is 13.2. The van der Waals surface area contributed by atoms with Crippen molar-refractivity contribution in [1.82, 2.24) is 4.90 Å². The first kappa shape index (κ1) is 12.2. The molecule has 0 aromatic carbocycles. The van der Waals surface area contributed by atoms with Crippen LogP contribution in [0.25, 0.3) is 0 Å². The van der Waals surface area contributed by atoms with Crippen LogP contribution in [0.5, 0.6) is 0 Å². The lowest BCUT2D eigenvalue weighted by Gasteiger charge is -2.23. The lowest BCUT2D eigenvalue weighted by atomic mass is 10.1. The summed E-state index contributed by atoms with van der Waals surface area (Å²) in [5.74, 6) is 0.0672. The summed E-state index contributed by atoms with van der Waals surface area (Å²) in [5, 5.41) is 0. The summed E-state index contributed by atoms with van der Waals surface area (Å²) >= 11 is 0. The van der Waals surface area contributed by atoms with Crippen LogP contribution < -0.4 is 0 Å². The molecule has 0 aliphatic carbocycles. The SMILES string of the molecule is C/C=C(\C)CC(=O)N1CC(F)CC1CC. The summed E-state index contributed by atoms with van der Waals surface area (Å²) in [5.41, 5.74) is 1.05. The summed E-state index contributed by atoms with van der Waals surface area (Å²) in [4.78, 5) is 13.6. The van der Waals surface area contributed by atoms with Gasteiger partial charge in [0.25, 0.3) is 0 Å². The zero-order chi connectivity index (χ0) is 11.4. The number of likely N-dealkylation sites (tertiary alicyclic amines) is 1. The van der Waals surface area contributed by atoms with Crippen molar-refractivity contribution in [2.45, 2.75) is 52.2 Å². The molecule has 0 spiro atoms. The predicted molar refractivity (Wildman–Crippen MR) is 59.4 cm³/mol. The molecule has 2 atom stereocenters. The highest BCUT2D eigenvalue weighted by atomic mass is 19.1. The zero-order valence-electron chi connectivity index (χ0n) is 9.79. The van der Waals surface area contributed by atoms with Crippen molar-refractivity contribution in [3.8, 4) is 0 Å². The van der Waals surface area contributed by atoms with Gasteiger partial charge < -0.3 is 4.90 Å². The molecule has 0 bridgehead atoms. The van der Waals surface area contributed by atoms with Crippen molar-refractivity contribution in [3.63, 3.8) is 0 Å². The Morgan fingerprint density at radius 3 is 2.80 bits per heavy atom. The summed E-state index contributed by atoms with van der Waals surface area (Å²) < 4.78 is 13.2. The number of rotatable bonds is 3. The van der Waals surface area contributed by atoms with E-state index in [1.807, 2.05) is 26.8 Å². The summed E-state index contributed by atoms with van der Waals surface area (Å²) in [7, 11) is 0. The van der Waals surface area contributed by atoms with Gasteiger partial charge in [-0.25, -0.2) is 4.39 Å². The largest absolute Gasteiger partial charge is 0.336 e. The summed E-state index contributed by atoms with van der Waals surface area (Å²) in [6, 6.07) is 0.108. The van der Waals surface area contributed by atoms with Crippen LogP contribution >= 0.6 is 0 Å². The highest BCUT2D eigenvalue weighted by Gasteiger charge is 2.33. The number of carbonyl (C=O) groups is 1. The van der Waals surface area contributed by atoms with Gasteiger partial charge >= 0.3 is 0 Å². The van der Waals surface area contributed by atoms with Crippen molar-refractivity contribution in [2.24, 2.45) is 0 Å². The second kappa shape index (κ2) is 5.29. The third-order valence-corrected chi connectivity index (χ3v) is 3.08. The van der Waals surface area contributed by atoms with E-state index in [4.69, 9.17) is 0 Å². The van der Waals surface area contributed by atoms with E-state index in [2.05, 4.69) is 0 Å². The minimum absolute atomic E-state index is 0.0672. The molecule has 1 heterocycles. The maximum absolute atomic E-state index is 13.2. The first-order valence-electron chi connectivity index (χ1n) is 5.63. The smallest absolute Gasteiger partial charge is 0.226 e. The molecule has 1 aliphatic rings. The van der Waals surface area contributed by atoms with Gasteiger partial charge in [-0.3, -0.25) is 4.79 Å². The number of allylic oxidation sites excluding steroid dienone is 1. The van der Waals surface area contributed by atoms with Crippen LogP contribution in [0, 0.1) is 0 Å². The molecule has 0 aromatic rings. The number of carbonyl (C=O) groups excluding carboxylic acids is 1. The molecular weight excluding hydrogens is 193 g/mol. The Bertz CT molecular complexity index is 262. The van der Waals surface area contributed by atoms with Crippen LogP contribution in [0.4, 0.5) is 4.39 Å². The average Bonchev–Trinajstić information content (AvgIpc) is 2.59. The van der Waals surface area contributed by atoms with Crippen LogP contribution in [0.1, 0.15) is 40.0 Å². The highest BCUT2D eigenvalue weighted by molar-refractivity contribution is 5.79. The molecule has 0 radical (unpaired) electrons. The fraction of sp³-hybridized carbons (Fsp3) is 0.750. The quantitative estimate of drug-likeness (QED) is 0.660. The van der Waals surface area contributed by atoms with Crippen molar-refractivity contribution in [3.05, 3.63) is 11.6 Å². The van der Waals surface area contributed by atoms with Crippen LogP contribution in [0.3, 0.4) is 0 Å². The first-order valence-corrected chi connectivity index (χ1v) is 5.63. The van der Waals surface area contributed by atoms with E-state index in [0.29, 0.717) is 12.8 Å². The van der Waals surface area contributed by atoms with Gasteiger partial charge in [-0.1, -0.05) is 18.6 Å². The molecule has 15 heavy (non-hydrogen) atoms. The predicted octanol–water partition coefficient (Wildman–Crippen LogP) is 2.69. The first-order chi connectivity index (χ1) is 7.08. The van der Waals surface area contributed by atoms with Gasteiger partial charge in [0.2, 0.25) is 5.91 Å². The molecule has 3 heteroatoms. The van der Waals surface area contributed by atoms with Gasteiger partial charge in [0, 0.05) is 18.9 Å². The van der Waals surface area contributed by atoms with Crippen molar-refractivity contribution in [1.29, 1.82) is 0 Å². The van der Waals surface area contributed by atoms with Gasteiger partial charge in [0.15, 0.2) is 0 Å². The maximum Gasteiger partial charge on any atom is 0.226 e. The lowest BCUT2D eigenvalue weighted by molar-refractivity contribution is -0.131. The molecule has 2 nitrogen and oxygen atoms in total. The Hall–Kier alpha value is -0.860. The van der Waals surface area contributed by atoms with E-state index in [1.165, 1.54) is 0 Å². The van der Waals surface area contributed by atoms with E-state index in [1.54, 1.807) is 4.90 Å². The van der Waals surface area contributed by atoms with Crippen LogP contribution in [0.15, 0.2) is 11.6 Å². The Morgan fingerprint density at radius 1 is 1.60 bits per heavy atom. The number of halogens is 1. The molecule has 0 N–H and O–H groups in total. The molecule has 0 saturated carbocycles. The van der Waals surface area contributed by atoms with Crippen LogP contribution in [0.2, 0.25) is 0 Å². The number of hydrogen-bond acceptors (Lipinski definition) is 1. The Morgan fingerprint density at radius 2 is 2.27 bits per heavy atom. The Balaban J connectivity index is 2.58. The molecule has 2 unspecified atom stereocenters. The van der Waals surface area contributed by atoms with Crippen molar-refractivity contribution < 1.29 is 9.18 Å². The summed E-state index contributed by atoms with van der Waals surface area (Å²) in [6.07, 6.45) is 2.89. The van der Waals surface area contributed by atoms with Gasteiger partial charge in [0.1, 0.15) is 6.17 Å². The topological polar surface area (TPSA) is 20.3 Å².